The third kappa shape index (κ3) is 3.11. The smallest absolute Gasteiger partial charge is 0.224 e. The van der Waals surface area contributed by atoms with Crippen LogP contribution < -0.4 is 10.1 Å². The summed E-state index contributed by atoms with van der Waals surface area (Å²) in [6, 6.07) is 18.7. The summed E-state index contributed by atoms with van der Waals surface area (Å²) in [7, 11) is 1.66. The SMILES string of the molecule is COc1ccc(NC(=O)CC23C[C@H]4C[C@H](C2)CC(c2ccccc2)(C4)C3)cc1. The number of benzene rings is 2. The van der Waals surface area contributed by atoms with Crippen molar-refractivity contribution in [1.82, 2.24) is 0 Å². The summed E-state index contributed by atoms with van der Waals surface area (Å²) in [5.74, 6) is 2.55. The maximum atomic E-state index is 13.0. The summed E-state index contributed by atoms with van der Waals surface area (Å²) in [6.45, 7) is 0. The molecule has 0 heterocycles. The number of nitrogens with one attached hydrogen (secondary N) is 1. The third-order valence-electron chi connectivity index (χ3n) is 7.48. The second-order valence-corrected chi connectivity index (χ2v) is 9.56. The number of hydrogen-bond acceptors (Lipinski definition) is 2. The van der Waals surface area contributed by atoms with Crippen LogP contribution in [0, 0.1) is 17.3 Å². The van der Waals surface area contributed by atoms with Crippen LogP contribution in [-0.2, 0) is 10.2 Å². The lowest BCUT2D eigenvalue weighted by Crippen LogP contribution is -2.54. The van der Waals surface area contributed by atoms with Crippen LogP contribution >= 0.6 is 0 Å². The normalized spacial score (nSPS) is 32.9. The Morgan fingerprint density at radius 3 is 2.32 bits per heavy atom. The van der Waals surface area contributed by atoms with Crippen LogP contribution in [0.5, 0.6) is 5.75 Å². The van der Waals surface area contributed by atoms with Gasteiger partial charge in [-0.25, -0.2) is 0 Å². The second-order valence-electron chi connectivity index (χ2n) is 9.56. The highest BCUT2D eigenvalue weighted by Crippen LogP contribution is 2.66. The molecule has 28 heavy (non-hydrogen) atoms. The maximum Gasteiger partial charge on any atom is 0.224 e. The van der Waals surface area contributed by atoms with E-state index in [4.69, 9.17) is 4.74 Å². The molecule has 146 valence electrons. The van der Waals surface area contributed by atoms with Gasteiger partial charge in [-0.1, -0.05) is 30.3 Å². The van der Waals surface area contributed by atoms with E-state index < -0.39 is 0 Å². The molecule has 6 rings (SSSR count). The molecule has 1 amide bonds. The molecule has 2 aromatic rings. The number of amides is 1. The molecule has 4 saturated carbocycles. The average Bonchev–Trinajstić information content (AvgIpc) is 2.68. The highest BCUT2D eigenvalue weighted by molar-refractivity contribution is 5.91. The number of carbonyl (C=O) groups is 1. The van der Waals surface area contributed by atoms with E-state index >= 15 is 0 Å². The lowest BCUT2D eigenvalue weighted by atomic mass is 9.42. The van der Waals surface area contributed by atoms with Gasteiger partial charge in [0.25, 0.3) is 0 Å². The number of rotatable bonds is 5. The second kappa shape index (κ2) is 6.65. The van der Waals surface area contributed by atoms with Crippen LogP contribution in [0.25, 0.3) is 0 Å². The van der Waals surface area contributed by atoms with Gasteiger partial charge in [0, 0.05) is 12.1 Å². The molecule has 1 N–H and O–H groups in total. The molecule has 4 fully saturated rings. The van der Waals surface area contributed by atoms with E-state index in [9.17, 15) is 4.79 Å². The topological polar surface area (TPSA) is 38.3 Å². The quantitative estimate of drug-likeness (QED) is 0.743. The largest absolute Gasteiger partial charge is 0.497 e. The van der Waals surface area contributed by atoms with E-state index in [2.05, 4.69) is 35.6 Å². The predicted molar refractivity (Wildman–Crippen MR) is 111 cm³/mol. The van der Waals surface area contributed by atoms with Crippen molar-refractivity contribution in [1.29, 1.82) is 0 Å². The fourth-order valence-electron chi connectivity index (χ4n) is 7.01. The average molecular weight is 376 g/mol. The summed E-state index contributed by atoms with van der Waals surface area (Å²) >= 11 is 0. The molecule has 0 unspecified atom stereocenters. The number of hydrogen-bond donors (Lipinski definition) is 1. The fraction of sp³-hybridized carbons (Fsp3) is 0.480. The van der Waals surface area contributed by atoms with Crippen LogP contribution in [0.15, 0.2) is 54.6 Å². The summed E-state index contributed by atoms with van der Waals surface area (Å²) in [5.41, 5.74) is 2.83. The van der Waals surface area contributed by atoms with Crippen LogP contribution in [-0.4, -0.2) is 13.0 Å². The molecule has 0 saturated heterocycles. The van der Waals surface area contributed by atoms with Crippen LogP contribution in [0.2, 0.25) is 0 Å². The van der Waals surface area contributed by atoms with Gasteiger partial charge in [-0.2, -0.15) is 0 Å². The molecular formula is C25H29NO2. The van der Waals surface area contributed by atoms with E-state index in [0.717, 1.165) is 23.3 Å². The molecule has 2 atom stereocenters. The number of anilines is 1. The third-order valence-corrected chi connectivity index (χ3v) is 7.48. The van der Waals surface area contributed by atoms with E-state index in [1.165, 1.54) is 44.1 Å². The number of carbonyl (C=O) groups excluding carboxylic acids is 1. The van der Waals surface area contributed by atoms with Crippen molar-refractivity contribution in [3.05, 3.63) is 60.2 Å². The first-order chi connectivity index (χ1) is 13.6. The molecule has 0 radical (unpaired) electrons. The Hall–Kier alpha value is -2.29. The van der Waals surface area contributed by atoms with Gasteiger partial charge in [0.1, 0.15) is 5.75 Å². The van der Waals surface area contributed by atoms with Crippen molar-refractivity contribution in [3.63, 3.8) is 0 Å². The minimum atomic E-state index is 0.162. The maximum absolute atomic E-state index is 13.0. The first-order valence-corrected chi connectivity index (χ1v) is 10.6. The minimum absolute atomic E-state index is 0.162. The van der Waals surface area contributed by atoms with Crippen molar-refractivity contribution in [2.75, 3.05) is 12.4 Å². The summed E-state index contributed by atoms with van der Waals surface area (Å²) < 4.78 is 5.21. The first-order valence-electron chi connectivity index (χ1n) is 10.6. The van der Waals surface area contributed by atoms with Crippen molar-refractivity contribution in [2.24, 2.45) is 17.3 Å². The van der Waals surface area contributed by atoms with Gasteiger partial charge < -0.3 is 10.1 Å². The van der Waals surface area contributed by atoms with Crippen LogP contribution in [0.3, 0.4) is 0 Å². The van der Waals surface area contributed by atoms with Crippen molar-refractivity contribution >= 4 is 11.6 Å². The van der Waals surface area contributed by atoms with E-state index in [1.807, 2.05) is 24.3 Å². The molecule has 2 aromatic carbocycles. The molecule has 0 spiro atoms. The Morgan fingerprint density at radius 1 is 1.00 bits per heavy atom. The molecular weight excluding hydrogens is 346 g/mol. The van der Waals surface area contributed by atoms with E-state index in [-0.39, 0.29) is 11.3 Å². The van der Waals surface area contributed by atoms with Gasteiger partial charge in [-0.3, -0.25) is 4.79 Å². The van der Waals surface area contributed by atoms with Gasteiger partial charge in [0.2, 0.25) is 5.91 Å². The van der Waals surface area contributed by atoms with Crippen molar-refractivity contribution in [3.8, 4) is 5.75 Å². The molecule has 4 aliphatic rings. The first kappa shape index (κ1) is 17.8. The van der Waals surface area contributed by atoms with Gasteiger partial charge in [-0.05, 0) is 91.0 Å². The van der Waals surface area contributed by atoms with Crippen molar-refractivity contribution < 1.29 is 9.53 Å². The zero-order valence-corrected chi connectivity index (χ0v) is 16.6. The summed E-state index contributed by atoms with van der Waals surface area (Å²) in [6.07, 6.45) is 8.29. The molecule has 3 nitrogen and oxygen atoms in total. The monoisotopic (exact) mass is 375 g/mol. The highest BCUT2D eigenvalue weighted by atomic mass is 16.5. The number of ether oxygens (including phenoxy) is 1. The molecule has 4 bridgehead atoms. The van der Waals surface area contributed by atoms with Gasteiger partial charge in [0.15, 0.2) is 0 Å². The Bertz CT molecular complexity index is 844. The van der Waals surface area contributed by atoms with E-state index in [1.54, 1.807) is 7.11 Å². The molecule has 0 aliphatic heterocycles. The zero-order chi connectivity index (χ0) is 19.2. The highest BCUT2D eigenvalue weighted by Gasteiger charge is 2.58. The lowest BCUT2D eigenvalue weighted by molar-refractivity contribution is -0.126. The molecule has 3 heteroatoms. The van der Waals surface area contributed by atoms with E-state index in [0.29, 0.717) is 11.8 Å². The summed E-state index contributed by atoms with van der Waals surface area (Å²) in [4.78, 5) is 13.0. The van der Waals surface area contributed by atoms with Gasteiger partial charge >= 0.3 is 0 Å². The molecule has 0 aromatic heterocycles. The molecule has 4 aliphatic carbocycles. The predicted octanol–water partition coefficient (Wildman–Crippen LogP) is 5.56. The Balaban J connectivity index is 1.35. The van der Waals surface area contributed by atoms with Gasteiger partial charge in [-0.15, -0.1) is 0 Å². The lowest BCUT2D eigenvalue weighted by Gasteiger charge is -2.62. The Kier molecular flexibility index (Phi) is 4.22. The van der Waals surface area contributed by atoms with Crippen molar-refractivity contribution in [2.45, 2.75) is 50.4 Å². The van der Waals surface area contributed by atoms with Crippen LogP contribution in [0.1, 0.15) is 50.5 Å². The number of methoxy groups -OCH3 is 1. The zero-order valence-electron chi connectivity index (χ0n) is 16.6. The standard InChI is InChI=1S/C25H29NO2/c1-28-22-9-7-21(8-10-22)26-23(27)16-24-12-18-11-19(13-24)15-25(14-18,17-24)20-5-3-2-4-6-20/h2-10,18-19H,11-17H2,1H3,(H,26,27)/t18-,19-,24?,25?/m1/s1. The van der Waals surface area contributed by atoms with Crippen LogP contribution in [0.4, 0.5) is 5.69 Å². The Morgan fingerprint density at radius 2 is 1.68 bits per heavy atom. The minimum Gasteiger partial charge on any atom is -0.497 e. The fourth-order valence-corrected chi connectivity index (χ4v) is 7.01. The summed E-state index contributed by atoms with van der Waals surface area (Å²) in [5, 5.41) is 3.13. The Labute approximate surface area is 167 Å². The van der Waals surface area contributed by atoms with Gasteiger partial charge in [0.05, 0.1) is 7.11 Å².